The van der Waals surface area contributed by atoms with Crippen molar-refractivity contribution >= 4 is 23.5 Å². The van der Waals surface area contributed by atoms with Crippen LogP contribution in [0.3, 0.4) is 0 Å². The highest BCUT2D eigenvalue weighted by Gasteiger charge is 2.30. The second kappa shape index (κ2) is 4.44. The summed E-state index contributed by atoms with van der Waals surface area (Å²) in [5.74, 6) is 0. The van der Waals surface area contributed by atoms with Crippen LogP contribution in [0.4, 0.5) is 8.78 Å². The zero-order valence-corrected chi connectivity index (χ0v) is 9.68. The summed E-state index contributed by atoms with van der Waals surface area (Å²) in [5.41, 5.74) is 1.41. The van der Waals surface area contributed by atoms with Gasteiger partial charge in [-0.1, -0.05) is 11.8 Å². The molecule has 0 spiro atoms. The lowest BCUT2D eigenvalue weighted by Gasteiger charge is -2.11. The Bertz CT molecular complexity index is 311. The van der Waals surface area contributed by atoms with Crippen LogP contribution in [0.15, 0.2) is 11.2 Å². The average molecular weight is 236 g/mol. The zero-order chi connectivity index (χ0) is 10.8. The number of aryl methyl sites for hydroxylation is 2. The molecule has 0 aliphatic rings. The second-order valence-corrected chi connectivity index (χ2v) is 4.96. The molecule has 0 atom stereocenters. The first-order valence-electron chi connectivity index (χ1n) is 3.87. The smallest absolute Gasteiger partial charge is 0.228 e. The third-order valence-electron chi connectivity index (χ3n) is 1.41. The Morgan fingerprint density at radius 2 is 1.71 bits per heavy atom. The quantitative estimate of drug-likeness (QED) is 0.457. The van der Waals surface area contributed by atoms with Gasteiger partial charge in [0.25, 0.3) is 0 Å². The van der Waals surface area contributed by atoms with E-state index in [0.29, 0.717) is 34.9 Å². The molecule has 1 rings (SSSR count). The van der Waals surface area contributed by atoms with Gasteiger partial charge in [-0.25, -0.2) is 9.97 Å². The highest BCUT2D eigenvalue weighted by Crippen LogP contribution is 2.41. The van der Waals surface area contributed by atoms with Gasteiger partial charge in [-0.3, -0.25) is 0 Å². The van der Waals surface area contributed by atoms with Gasteiger partial charge in [0.05, 0.1) is 0 Å². The molecule has 1 aromatic rings. The molecule has 0 bridgehead atoms. The number of aromatic nitrogens is 2. The van der Waals surface area contributed by atoms with Crippen molar-refractivity contribution in [2.75, 3.05) is 6.26 Å². The number of rotatable bonds is 3. The molecule has 0 saturated heterocycles. The van der Waals surface area contributed by atoms with Crippen molar-refractivity contribution in [1.82, 2.24) is 9.97 Å². The minimum atomic E-state index is -2.86. The van der Waals surface area contributed by atoms with Gasteiger partial charge in [0.15, 0.2) is 5.16 Å². The first-order valence-corrected chi connectivity index (χ1v) is 5.91. The van der Waals surface area contributed by atoms with E-state index < -0.39 is 4.59 Å². The minimum Gasteiger partial charge on any atom is -0.228 e. The molecular weight excluding hydrogens is 226 g/mol. The number of hydrogen-bond acceptors (Lipinski definition) is 4. The van der Waals surface area contributed by atoms with E-state index in [-0.39, 0.29) is 5.16 Å². The number of alkyl halides is 2. The van der Waals surface area contributed by atoms with E-state index in [9.17, 15) is 8.78 Å². The fourth-order valence-electron chi connectivity index (χ4n) is 0.887. The maximum Gasteiger partial charge on any atom is 0.348 e. The van der Waals surface area contributed by atoms with Crippen molar-refractivity contribution in [2.45, 2.75) is 23.6 Å². The summed E-state index contributed by atoms with van der Waals surface area (Å²) in [6, 6.07) is 1.75. The highest BCUT2D eigenvalue weighted by atomic mass is 32.2. The van der Waals surface area contributed by atoms with Gasteiger partial charge in [0.1, 0.15) is 0 Å². The largest absolute Gasteiger partial charge is 0.348 e. The van der Waals surface area contributed by atoms with Gasteiger partial charge in [0.2, 0.25) is 0 Å². The SMILES string of the molecule is CSC(F)(F)Sc1nc(C)cc(C)n1. The van der Waals surface area contributed by atoms with E-state index in [0.717, 1.165) is 0 Å². The van der Waals surface area contributed by atoms with Crippen LogP contribution in [-0.2, 0) is 0 Å². The Morgan fingerprint density at radius 1 is 1.21 bits per heavy atom. The summed E-state index contributed by atoms with van der Waals surface area (Å²) in [5, 5.41) is 0.127. The number of thioether (sulfide) groups is 2. The lowest BCUT2D eigenvalue weighted by molar-refractivity contribution is 0.212. The number of halogens is 2. The summed E-state index contributed by atoms with van der Waals surface area (Å²) >= 11 is 0.865. The van der Waals surface area contributed by atoms with Crippen LogP contribution in [0, 0.1) is 13.8 Å². The lowest BCUT2D eigenvalue weighted by Crippen LogP contribution is -2.05. The Labute approximate surface area is 89.9 Å². The summed E-state index contributed by atoms with van der Waals surface area (Å²) < 4.78 is 23.0. The third kappa shape index (κ3) is 3.42. The second-order valence-electron chi connectivity index (χ2n) is 2.70. The molecule has 0 saturated carbocycles. The van der Waals surface area contributed by atoms with Crippen molar-refractivity contribution in [3.63, 3.8) is 0 Å². The molecule has 1 heterocycles. The van der Waals surface area contributed by atoms with Crippen molar-refractivity contribution in [3.05, 3.63) is 17.5 Å². The molecule has 0 amide bonds. The van der Waals surface area contributed by atoms with Crippen LogP contribution in [0.1, 0.15) is 11.4 Å². The predicted molar refractivity (Wildman–Crippen MR) is 55.8 cm³/mol. The van der Waals surface area contributed by atoms with E-state index in [1.165, 1.54) is 6.26 Å². The van der Waals surface area contributed by atoms with Gasteiger partial charge < -0.3 is 0 Å². The van der Waals surface area contributed by atoms with Crippen LogP contribution in [0.25, 0.3) is 0 Å². The maximum absolute atomic E-state index is 12.9. The van der Waals surface area contributed by atoms with Gasteiger partial charge in [-0.2, -0.15) is 8.78 Å². The molecule has 14 heavy (non-hydrogen) atoms. The van der Waals surface area contributed by atoms with Crippen molar-refractivity contribution in [3.8, 4) is 0 Å². The van der Waals surface area contributed by atoms with Gasteiger partial charge in [-0.15, -0.1) is 0 Å². The summed E-state index contributed by atoms with van der Waals surface area (Å²) in [6.45, 7) is 3.52. The predicted octanol–water partition coefficient (Wildman–Crippen LogP) is 3.10. The van der Waals surface area contributed by atoms with Crippen LogP contribution < -0.4 is 0 Å². The summed E-state index contributed by atoms with van der Waals surface area (Å²) in [6.07, 6.45) is 1.36. The van der Waals surface area contributed by atoms with Crippen molar-refractivity contribution in [1.29, 1.82) is 0 Å². The van der Waals surface area contributed by atoms with Crippen LogP contribution >= 0.6 is 23.5 Å². The molecule has 0 unspecified atom stereocenters. The Balaban J connectivity index is 2.87. The molecule has 1 aromatic heterocycles. The summed E-state index contributed by atoms with van der Waals surface area (Å²) in [7, 11) is 0. The zero-order valence-electron chi connectivity index (χ0n) is 8.04. The van der Waals surface area contributed by atoms with Gasteiger partial charge in [0, 0.05) is 23.1 Å². The average Bonchev–Trinajstić information content (AvgIpc) is 2.01. The molecule has 6 heteroatoms. The third-order valence-corrected chi connectivity index (χ3v) is 3.24. The van der Waals surface area contributed by atoms with Gasteiger partial charge in [-0.05, 0) is 26.2 Å². The summed E-state index contributed by atoms with van der Waals surface area (Å²) in [4.78, 5) is 7.85. The standard InChI is InChI=1S/C8H10F2N2S2/c1-5-4-6(2)12-7(11-5)14-8(9,10)13-3/h4H,1-3H3. The van der Waals surface area contributed by atoms with Crippen molar-refractivity contribution in [2.24, 2.45) is 0 Å². The van der Waals surface area contributed by atoms with E-state index in [1.807, 2.05) is 0 Å². The Hall–Kier alpha value is -0.360. The van der Waals surface area contributed by atoms with E-state index in [4.69, 9.17) is 0 Å². The van der Waals surface area contributed by atoms with E-state index >= 15 is 0 Å². The first kappa shape index (κ1) is 11.7. The molecule has 0 N–H and O–H groups in total. The highest BCUT2D eigenvalue weighted by molar-refractivity contribution is 8.17. The van der Waals surface area contributed by atoms with E-state index in [2.05, 4.69) is 9.97 Å². The fraction of sp³-hybridized carbons (Fsp3) is 0.500. The molecule has 2 nitrogen and oxygen atoms in total. The Morgan fingerprint density at radius 3 is 2.14 bits per heavy atom. The van der Waals surface area contributed by atoms with Crippen LogP contribution in [0.5, 0.6) is 0 Å². The topological polar surface area (TPSA) is 25.8 Å². The van der Waals surface area contributed by atoms with Crippen LogP contribution in [0.2, 0.25) is 0 Å². The normalized spacial score (nSPS) is 11.8. The molecule has 0 fully saturated rings. The molecule has 0 radical (unpaired) electrons. The minimum absolute atomic E-state index is 0.127. The fourth-order valence-corrected chi connectivity index (χ4v) is 2.04. The number of hydrogen-bond donors (Lipinski definition) is 0. The molecule has 0 aliphatic heterocycles. The number of nitrogens with zero attached hydrogens (tertiary/aromatic N) is 2. The molecular formula is C8H10F2N2S2. The molecule has 0 aromatic carbocycles. The molecule has 78 valence electrons. The lowest BCUT2D eigenvalue weighted by atomic mass is 10.4. The van der Waals surface area contributed by atoms with E-state index in [1.54, 1.807) is 19.9 Å². The Kier molecular flexibility index (Phi) is 3.71. The van der Waals surface area contributed by atoms with Gasteiger partial charge >= 0.3 is 4.59 Å². The van der Waals surface area contributed by atoms with Crippen molar-refractivity contribution < 1.29 is 8.78 Å². The maximum atomic E-state index is 12.9. The monoisotopic (exact) mass is 236 g/mol. The molecule has 0 aliphatic carbocycles. The van der Waals surface area contributed by atoms with Crippen LogP contribution in [-0.4, -0.2) is 20.8 Å². The first-order chi connectivity index (χ1) is 6.43.